The van der Waals surface area contributed by atoms with Crippen LogP contribution in [0.25, 0.3) is 0 Å². The van der Waals surface area contributed by atoms with Gasteiger partial charge < -0.3 is 10.1 Å². The summed E-state index contributed by atoms with van der Waals surface area (Å²) in [6, 6.07) is 15.1. The van der Waals surface area contributed by atoms with Crippen LogP contribution in [0.1, 0.15) is 24.8 Å². The smallest absolute Gasteiger partial charge is 0.265 e. The number of hydrogen-bond donors (Lipinski definition) is 1. The van der Waals surface area contributed by atoms with Crippen LogP contribution in [0, 0.1) is 0 Å². The maximum atomic E-state index is 12.4. The van der Waals surface area contributed by atoms with E-state index in [1.54, 1.807) is 18.2 Å². The van der Waals surface area contributed by atoms with Crippen molar-refractivity contribution in [1.82, 2.24) is 5.32 Å². The van der Waals surface area contributed by atoms with Gasteiger partial charge in [0.2, 0.25) is 5.91 Å². The maximum absolute atomic E-state index is 12.4. The van der Waals surface area contributed by atoms with Gasteiger partial charge in [0.05, 0.1) is 5.69 Å². The molecule has 1 aliphatic rings. The SMILES string of the molecule is CC[C@H](CNC(=O)CN1C(=O)COc2ccc(Cl)cc21)c1ccccc1. The summed E-state index contributed by atoms with van der Waals surface area (Å²) in [6.45, 7) is 2.48. The highest BCUT2D eigenvalue weighted by Crippen LogP contribution is 2.34. The van der Waals surface area contributed by atoms with Crippen molar-refractivity contribution in [1.29, 1.82) is 0 Å². The molecule has 1 N–H and O–H groups in total. The molecule has 0 radical (unpaired) electrons. The van der Waals surface area contributed by atoms with Crippen LogP contribution in [0.15, 0.2) is 48.5 Å². The number of fused-ring (bicyclic) bond motifs is 1. The molecule has 2 amide bonds. The zero-order valence-corrected chi connectivity index (χ0v) is 15.3. The monoisotopic (exact) mass is 372 g/mol. The Kier molecular flexibility index (Phi) is 5.78. The van der Waals surface area contributed by atoms with Crippen molar-refractivity contribution >= 4 is 29.1 Å². The van der Waals surface area contributed by atoms with Crippen molar-refractivity contribution in [2.45, 2.75) is 19.3 Å². The van der Waals surface area contributed by atoms with E-state index in [4.69, 9.17) is 16.3 Å². The summed E-state index contributed by atoms with van der Waals surface area (Å²) in [5.41, 5.74) is 1.72. The number of rotatable bonds is 6. The normalized spacial score (nSPS) is 14.4. The zero-order valence-electron chi connectivity index (χ0n) is 14.6. The first-order valence-corrected chi connectivity index (χ1v) is 9.00. The van der Waals surface area contributed by atoms with Gasteiger partial charge in [0, 0.05) is 17.5 Å². The Morgan fingerprint density at radius 1 is 1.27 bits per heavy atom. The van der Waals surface area contributed by atoms with Crippen LogP contribution in [-0.4, -0.2) is 31.5 Å². The van der Waals surface area contributed by atoms with Crippen LogP contribution in [0.5, 0.6) is 5.75 Å². The first-order chi connectivity index (χ1) is 12.6. The number of amides is 2. The lowest BCUT2D eigenvalue weighted by atomic mass is 9.96. The number of benzene rings is 2. The van der Waals surface area contributed by atoms with E-state index in [0.717, 1.165) is 6.42 Å². The molecule has 1 atom stereocenters. The summed E-state index contributed by atoms with van der Waals surface area (Å²) in [7, 11) is 0. The van der Waals surface area contributed by atoms with E-state index in [0.29, 0.717) is 23.0 Å². The van der Waals surface area contributed by atoms with Crippen LogP contribution in [0.2, 0.25) is 5.02 Å². The predicted molar refractivity (Wildman–Crippen MR) is 102 cm³/mol. The van der Waals surface area contributed by atoms with Crippen LogP contribution in [0.4, 0.5) is 5.69 Å². The van der Waals surface area contributed by atoms with Crippen molar-refractivity contribution in [3.8, 4) is 5.75 Å². The molecule has 0 bridgehead atoms. The van der Waals surface area contributed by atoms with Gasteiger partial charge >= 0.3 is 0 Å². The van der Waals surface area contributed by atoms with Crippen molar-refractivity contribution in [3.63, 3.8) is 0 Å². The fraction of sp³-hybridized carbons (Fsp3) is 0.300. The van der Waals surface area contributed by atoms with Crippen molar-refractivity contribution in [2.24, 2.45) is 0 Å². The summed E-state index contributed by atoms with van der Waals surface area (Å²) in [5.74, 6) is 0.324. The van der Waals surface area contributed by atoms with E-state index in [9.17, 15) is 9.59 Å². The molecule has 1 heterocycles. The predicted octanol–water partition coefficient (Wildman–Crippen LogP) is 3.38. The summed E-state index contributed by atoms with van der Waals surface area (Å²) in [4.78, 5) is 26.0. The van der Waals surface area contributed by atoms with E-state index in [1.807, 2.05) is 18.2 Å². The van der Waals surface area contributed by atoms with E-state index in [2.05, 4.69) is 24.4 Å². The number of carbonyl (C=O) groups is 2. The summed E-state index contributed by atoms with van der Waals surface area (Å²) >= 11 is 6.02. The molecule has 136 valence electrons. The molecule has 0 unspecified atom stereocenters. The van der Waals surface area contributed by atoms with Crippen molar-refractivity contribution < 1.29 is 14.3 Å². The van der Waals surface area contributed by atoms with Gasteiger partial charge in [-0.2, -0.15) is 0 Å². The summed E-state index contributed by atoms with van der Waals surface area (Å²) in [5, 5.41) is 3.43. The lowest BCUT2D eigenvalue weighted by molar-refractivity contribution is -0.125. The van der Waals surface area contributed by atoms with E-state index >= 15 is 0 Å². The first-order valence-electron chi connectivity index (χ1n) is 8.63. The molecule has 3 rings (SSSR count). The molecule has 0 saturated heterocycles. The fourth-order valence-electron chi connectivity index (χ4n) is 3.01. The van der Waals surface area contributed by atoms with Gasteiger partial charge in [-0.3, -0.25) is 14.5 Å². The summed E-state index contributed by atoms with van der Waals surface area (Å²) < 4.78 is 5.39. The average molecular weight is 373 g/mol. The Balaban J connectivity index is 1.65. The highest BCUT2D eigenvalue weighted by molar-refractivity contribution is 6.31. The molecule has 0 fully saturated rings. The van der Waals surface area contributed by atoms with Gasteiger partial charge in [0.25, 0.3) is 5.91 Å². The molecule has 2 aromatic rings. The third-order valence-electron chi connectivity index (χ3n) is 4.48. The minimum atomic E-state index is -0.259. The standard InChI is InChI=1S/C20H21ClN2O3/c1-2-14(15-6-4-3-5-7-15)11-22-19(24)12-23-17-10-16(21)8-9-18(17)26-13-20(23)25/h3-10,14H,2,11-13H2,1H3,(H,22,24)/t14-/m1/s1. The molecule has 0 saturated carbocycles. The van der Waals surface area contributed by atoms with Crippen LogP contribution >= 0.6 is 11.6 Å². The van der Waals surface area contributed by atoms with E-state index in [1.165, 1.54) is 10.5 Å². The van der Waals surface area contributed by atoms with Crippen molar-refractivity contribution in [2.75, 3.05) is 24.6 Å². The highest BCUT2D eigenvalue weighted by atomic mass is 35.5. The van der Waals surface area contributed by atoms with Gasteiger partial charge in [0.15, 0.2) is 6.61 Å². The summed E-state index contributed by atoms with van der Waals surface area (Å²) in [6.07, 6.45) is 0.916. The number of halogens is 1. The first kappa shape index (κ1) is 18.3. The fourth-order valence-corrected chi connectivity index (χ4v) is 3.17. The van der Waals surface area contributed by atoms with E-state index in [-0.39, 0.29) is 30.9 Å². The van der Waals surface area contributed by atoms with Crippen LogP contribution < -0.4 is 15.0 Å². The molecule has 5 nitrogen and oxygen atoms in total. The molecular weight excluding hydrogens is 352 g/mol. The third kappa shape index (κ3) is 4.17. The largest absolute Gasteiger partial charge is 0.482 e. The molecule has 26 heavy (non-hydrogen) atoms. The topological polar surface area (TPSA) is 58.6 Å². The molecule has 0 spiro atoms. The maximum Gasteiger partial charge on any atom is 0.265 e. The molecule has 0 aliphatic carbocycles. The van der Waals surface area contributed by atoms with E-state index < -0.39 is 0 Å². The van der Waals surface area contributed by atoms with Crippen LogP contribution in [-0.2, 0) is 9.59 Å². The van der Waals surface area contributed by atoms with Gasteiger partial charge in [-0.15, -0.1) is 0 Å². The number of hydrogen-bond acceptors (Lipinski definition) is 3. The quantitative estimate of drug-likeness (QED) is 0.845. The third-order valence-corrected chi connectivity index (χ3v) is 4.71. The van der Waals surface area contributed by atoms with Gasteiger partial charge in [-0.25, -0.2) is 0 Å². The number of nitrogens with one attached hydrogen (secondary N) is 1. The number of ether oxygens (including phenoxy) is 1. The lowest BCUT2D eigenvalue weighted by Gasteiger charge is -2.29. The second kappa shape index (κ2) is 8.23. The van der Waals surface area contributed by atoms with Crippen molar-refractivity contribution in [3.05, 3.63) is 59.1 Å². The molecule has 2 aromatic carbocycles. The second-order valence-electron chi connectivity index (χ2n) is 6.20. The number of carbonyl (C=O) groups excluding carboxylic acids is 2. The Morgan fingerprint density at radius 3 is 2.77 bits per heavy atom. The van der Waals surface area contributed by atoms with Gasteiger partial charge in [0.1, 0.15) is 12.3 Å². The minimum Gasteiger partial charge on any atom is -0.482 e. The second-order valence-corrected chi connectivity index (χ2v) is 6.64. The Hall–Kier alpha value is -2.53. The molecule has 6 heteroatoms. The number of anilines is 1. The Bertz CT molecular complexity index is 795. The minimum absolute atomic E-state index is 0.0548. The average Bonchev–Trinajstić information content (AvgIpc) is 2.65. The molecule has 0 aromatic heterocycles. The lowest BCUT2D eigenvalue weighted by Crippen LogP contribution is -2.45. The molecular formula is C20H21ClN2O3. The number of nitrogens with zero attached hydrogens (tertiary/aromatic N) is 1. The van der Waals surface area contributed by atoms with Gasteiger partial charge in [-0.1, -0.05) is 48.9 Å². The van der Waals surface area contributed by atoms with Crippen LogP contribution in [0.3, 0.4) is 0 Å². The Morgan fingerprint density at radius 2 is 2.04 bits per heavy atom. The highest BCUT2D eigenvalue weighted by Gasteiger charge is 2.27. The van der Waals surface area contributed by atoms with Gasteiger partial charge in [-0.05, 0) is 30.2 Å². The Labute approximate surface area is 157 Å². The molecule has 1 aliphatic heterocycles. The zero-order chi connectivity index (χ0) is 18.5.